The largest absolute Gasteiger partial charge is 0.392 e. The summed E-state index contributed by atoms with van der Waals surface area (Å²) in [4.78, 5) is 14.1. The van der Waals surface area contributed by atoms with E-state index in [-0.39, 0.29) is 6.04 Å². The number of anilines is 1. The molecule has 0 saturated carbocycles. The number of nitrogens with zero attached hydrogens (tertiary/aromatic N) is 4. The molecule has 112 valence electrons. The third-order valence-corrected chi connectivity index (χ3v) is 5.51. The Morgan fingerprint density at radius 2 is 2.05 bits per heavy atom. The van der Waals surface area contributed by atoms with Crippen LogP contribution < -0.4 is 10.6 Å². The molecule has 3 heterocycles. The van der Waals surface area contributed by atoms with Crippen LogP contribution in [0.15, 0.2) is 11.7 Å². The highest BCUT2D eigenvalue weighted by atomic mass is 32.1. The molecule has 2 aromatic rings. The van der Waals surface area contributed by atoms with Gasteiger partial charge in [0.1, 0.15) is 12.1 Å². The van der Waals surface area contributed by atoms with E-state index in [4.69, 9.17) is 18.0 Å². The summed E-state index contributed by atoms with van der Waals surface area (Å²) in [5, 5.41) is 2.15. The quantitative estimate of drug-likeness (QED) is 0.870. The topological polar surface area (TPSA) is 58.3 Å². The highest BCUT2D eigenvalue weighted by molar-refractivity contribution is 7.80. The van der Waals surface area contributed by atoms with E-state index in [0.717, 1.165) is 37.5 Å². The van der Waals surface area contributed by atoms with E-state index in [0.29, 0.717) is 4.99 Å². The molecular formula is C14H19N5S2. The van der Waals surface area contributed by atoms with Crippen LogP contribution in [0.4, 0.5) is 5.82 Å². The minimum Gasteiger partial charge on any atom is -0.392 e. The van der Waals surface area contributed by atoms with Crippen molar-refractivity contribution in [1.29, 1.82) is 0 Å². The second-order valence-electron chi connectivity index (χ2n) is 5.40. The van der Waals surface area contributed by atoms with E-state index >= 15 is 0 Å². The molecule has 2 aromatic heterocycles. The lowest BCUT2D eigenvalue weighted by molar-refractivity contribution is 0.239. The van der Waals surface area contributed by atoms with Crippen LogP contribution >= 0.6 is 23.6 Å². The number of aryl methyl sites for hydroxylation is 1. The molecule has 0 amide bonds. The second kappa shape index (κ2) is 5.82. The number of thiophene rings is 1. The SMILES string of the molecule is Cc1csc2c(N3CCN(C(C)C(N)=S)CC3)ncnc12. The fraction of sp³-hybridized carbons (Fsp3) is 0.500. The molecule has 2 N–H and O–H groups in total. The lowest BCUT2D eigenvalue weighted by Crippen LogP contribution is -2.52. The van der Waals surface area contributed by atoms with Gasteiger partial charge < -0.3 is 10.6 Å². The van der Waals surface area contributed by atoms with Gasteiger partial charge in [-0.2, -0.15) is 0 Å². The van der Waals surface area contributed by atoms with Crippen molar-refractivity contribution in [2.75, 3.05) is 31.1 Å². The van der Waals surface area contributed by atoms with Crippen LogP contribution in [0.2, 0.25) is 0 Å². The summed E-state index contributed by atoms with van der Waals surface area (Å²) in [7, 11) is 0. The van der Waals surface area contributed by atoms with Crippen molar-refractivity contribution in [2.24, 2.45) is 5.73 Å². The summed E-state index contributed by atoms with van der Waals surface area (Å²) in [6, 6.07) is 0.163. The Hall–Kier alpha value is -1.31. The van der Waals surface area contributed by atoms with Crippen molar-refractivity contribution in [3.8, 4) is 0 Å². The summed E-state index contributed by atoms with van der Waals surface area (Å²) in [6.45, 7) is 7.95. The van der Waals surface area contributed by atoms with Crippen molar-refractivity contribution >= 4 is 44.6 Å². The van der Waals surface area contributed by atoms with Gasteiger partial charge in [-0.25, -0.2) is 9.97 Å². The number of rotatable bonds is 3. The number of aromatic nitrogens is 2. The van der Waals surface area contributed by atoms with E-state index in [1.807, 2.05) is 0 Å². The molecule has 1 saturated heterocycles. The van der Waals surface area contributed by atoms with Gasteiger partial charge in [0.05, 0.1) is 21.2 Å². The molecule has 0 aromatic carbocycles. The first kappa shape index (κ1) is 14.6. The normalized spacial score (nSPS) is 18.1. The van der Waals surface area contributed by atoms with Crippen LogP contribution in [-0.4, -0.2) is 52.1 Å². The highest BCUT2D eigenvalue weighted by Gasteiger charge is 2.24. The van der Waals surface area contributed by atoms with Crippen molar-refractivity contribution < 1.29 is 0 Å². The first-order chi connectivity index (χ1) is 10.1. The minimum absolute atomic E-state index is 0.163. The lowest BCUT2D eigenvalue weighted by atomic mass is 10.2. The second-order valence-corrected chi connectivity index (χ2v) is 6.75. The molecule has 0 spiro atoms. The van der Waals surface area contributed by atoms with Crippen LogP contribution in [0, 0.1) is 6.92 Å². The molecule has 1 unspecified atom stereocenters. The molecule has 5 nitrogen and oxygen atoms in total. The zero-order valence-electron chi connectivity index (χ0n) is 12.2. The zero-order valence-corrected chi connectivity index (χ0v) is 13.9. The van der Waals surface area contributed by atoms with Gasteiger partial charge in [-0.05, 0) is 24.8 Å². The van der Waals surface area contributed by atoms with E-state index in [2.05, 4.69) is 39.0 Å². The molecule has 1 atom stereocenters. The first-order valence-electron chi connectivity index (χ1n) is 7.05. The Kier molecular flexibility index (Phi) is 4.05. The van der Waals surface area contributed by atoms with Crippen molar-refractivity contribution in [3.63, 3.8) is 0 Å². The molecule has 0 aliphatic carbocycles. The van der Waals surface area contributed by atoms with Crippen LogP contribution in [0.1, 0.15) is 12.5 Å². The van der Waals surface area contributed by atoms with Gasteiger partial charge in [0, 0.05) is 26.2 Å². The summed E-state index contributed by atoms with van der Waals surface area (Å²) >= 11 is 6.82. The number of hydrogen-bond donors (Lipinski definition) is 1. The van der Waals surface area contributed by atoms with Crippen LogP contribution in [0.5, 0.6) is 0 Å². The van der Waals surface area contributed by atoms with Crippen LogP contribution in [0.25, 0.3) is 10.2 Å². The van der Waals surface area contributed by atoms with Crippen molar-refractivity contribution in [1.82, 2.24) is 14.9 Å². The molecule has 0 radical (unpaired) electrons. The molecule has 3 rings (SSSR count). The summed E-state index contributed by atoms with van der Waals surface area (Å²) in [5.74, 6) is 1.06. The molecule has 21 heavy (non-hydrogen) atoms. The third kappa shape index (κ3) is 2.73. The smallest absolute Gasteiger partial charge is 0.150 e. The lowest BCUT2D eigenvalue weighted by Gasteiger charge is -2.38. The Bertz CT molecular complexity index is 660. The number of thiocarbonyl (C=S) groups is 1. The van der Waals surface area contributed by atoms with Crippen LogP contribution in [0.3, 0.4) is 0 Å². The summed E-state index contributed by atoms with van der Waals surface area (Å²) < 4.78 is 1.19. The first-order valence-corrected chi connectivity index (χ1v) is 8.34. The van der Waals surface area contributed by atoms with Crippen molar-refractivity contribution in [2.45, 2.75) is 19.9 Å². The molecule has 7 heteroatoms. The average molecular weight is 321 g/mol. The van der Waals surface area contributed by atoms with Gasteiger partial charge in [0.25, 0.3) is 0 Å². The fourth-order valence-corrected chi connectivity index (χ4v) is 3.85. The van der Waals surface area contributed by atoms with Gasteiger partial charge >= 0.3 is 0 Å². The number of nitrogens with two attached hydrogens (primary N) is 1. The third-order valence-electron chi connectivity index (χ3n) is 4.09. The summed E-state index contributed by atoms with van der Waals surface area (Å²) in [6.07, 6.45) is 1.67. The Morgan fingerprint density at radius 3 is 2.71 bits per heavy atom. The number of hydrogen-bond acceptors (Lipinski definition) is 6. The van der Waals surface area contributed by atoms with E-state index in [9.17, 15) is 0 Å². The molecule has 1 fully saturated rings. The van der Waals surface area contributed by atoms with Crippen molar-refractivity contribution in [3.05, 3.63) is 17.3 Å². The van der Waals surface area contributed by atoms with E-state index in [1.165, 1.54) is 10.3 Å². The number of fused-ring (bicyclic) bond motifs is 1. The maximum absolute atomic E-state index is 5.75. The van der Waals surface area contributed by atoms with E-state index in [1.54, 1.807) is 17.7 Å². The van der Waals surface area contributed by atoms with E-state index < -0.39 is 0 Å². The van der Waals surface area contributed by atoms with Crippen LogP contribution in [-0.2, 0) is 0 Å². The van der Waals surface area contributed by atoms with Gasteiger partial charge in [-0.3, -0.25) is 4.90 Å². The number of piperazine rings is 1. The van der Waals surface area contributed by atoms with Gasteiger partial charge in [0.15, 0.2) is 0 Å². The summed E-state index contributed by atoms with van der Waals surface area (Å²) in [5.41, 5.74) is 8.04. The predicted octanol–water partition coefficient (Wildman–Crippen LogP) is 1.80. The van der Waals surface area contributed by atoms with Gasteiger partial charge in [-0.15, -0.1) is 11.3 Å². The average Bonchev–Trinajstić information content (AvgIpc) is 2.88. The monoisotopic (exact) mass is 321 g/mol. The zero-order chi connectivity index (χ0) is 15.0. The standard InChI is InChI=1S/C14H19N5S2/c1-9-7-21-12-11(9)16-8-17-14(12)19-5-3-18(4-6-19)10(2)13(15)20/h7-8,10H,3-6H2,1-2H3,(H2,15,20). The molecular weight excluding hydrogens is 302 g/mol. The fourth-order valence-electron chi connectivity index (χ4n) is 2.68. The maximum atomic E-state index is 5.75. The van der Waals surface area contributed by atoms with Gasteiger partial charge in [0.2, 0.25) is 0 Å². The Labute approximate surface area is 133 Å². The molecule has 1 aliphatic heterocycles. The maximum Gasteiger partial charge on any atom is 0.150 e. The highest BCUT2D eigenvalue weighted by Crippen LogP contribution is 2.31. The molecule has 1 aliphatic rings. The minimum atomic E-state index is 0.163. The Balaban J connectivity index is 1.78. The van der Waals surface area contributed by atoms with Gasteiger partial charge in [-0.1, -0.05) is 12.2 Å². The predicted molar refractivity (Wildman–Crippen MR) is 92.2 cm³/mol. The Morgan fingerprint density at radius 1 is 1.33 bits per heavy atom. The molecule has 0 bridgehead atoms.